The summed E-state index contributed by atoms with van der Waals surface area (Å²) in [5, 5.41) is 0. The minimum absolute atomic E-state index is 0.810. The summed E-state index contributed by atoms with van der Waals surface area (Å²) < 4.78 is 3.93. The third-order valence-electron chi connectivity index (χ3n) is 2.21. The molecule has 0 aromatic carbocycles. The molecule has 0 aromatic heterocycles. The van der Waals surface area contributed by atoms with E-state index in [0.717, 1.165) is 26.3 Å². The number of nitrogens with zero attached hydrogens (tertiary/aromatic N) is 1. The van der Waals surface area contributed by atoms with Crippen LogP contribution >= 0.6 is 0 Å². The summed E-state index contributed by atoms with van der Waals surface area (Å²) in [5.74, 6) is 0. The van der Waals surface area contributed by atoms with E-state index >= 15 is 0 Å². The molecule has 1 aliphatic heterocycles. The number of allylic oxidation sites excluding steroid dienone is 3. The zero-order valence-electron chi connectivity index (χ0n) is 8.04. The Balaban J connectivity index is 2.34. The molecule has 0 N–H and O–H groups in total. The normalized spacial score (nSPS) is 21.2. The molecule has 0 atom stereocenters. The van der Waals surface area contributed by atoms with Crippen LogP contribution < -0.4 is 0 Å². The van der Waals surface area contributed by atoms with E-state index in [1.165, 1.54) is 19.3 Å². The molecule has 1 aliphatic carbocycles. The van der Waals surface area contributed by atoms with Crippen LogP contribution in [0.2, 0.25) is 0 Å². The second-order valence-electron chi connectivity index (χ2n) is 3.62. The van der Waals surface area contributed by atoms with E-state index in [4.69, 9.17) is 0 Å². The van der Waals surface area contributed by atoms with Crippen LogP contribution in [-0.2, 0) is 0 Å². The Morgan fingerprint density at radius 3 is 3.00 bits per heavy atom. The van der Waals surface area contributed by atoms with Crippen LogP contribution in [0.15, 0.2) is 20.6 Å². The van der Waals surface area contributed by atoms with Crippen molar-refractivity contribution in [3.05, 3.63) is 20.6 Å². The van der Waals surface area contributed by atoms with Gasteiger partial charge >= 0.3 is 91.0 Å². The van der Waals surface area contributed by atoms with Crippen molar-refractivity contribution in [2.24, 2.45) is 0 Å². The second kappa shape index (κ2) is 4.14. The molecule has 13 heavy (non-hydrogen) atoms. The molecular formula is C10H14NSe2+. The number of hydrogen-bond donors (Lipinski definition) is 0. The van der Waals surface area contributed by atoms with E-state index in [0.29, 0.717) is 0 Å². The summed E-state index contributed by atoms with van der Waals surface area (Å²) in [7, 11) is 4.25. The SMILES string of the molecule is C[N+](C)=CC1=C2[Se][Se]C=C2CCC1. The van der Waals surface area contributed by atoms with Gasteiger partial charge in [-0.2, -0.15) is 0 Å². The van der Waals surface area contributed by atoms with Gasteiger partial charge in [0.25, 0.3) is 0 Å². The fourth-order valence-corrected chi connectivity index (χ4v) is 9.39. The second-order valence-corrected chi connectivity index (χ2v) is 9.64. The summed E-state index contributed by atoms with van der Waals surface area (Å²) in [6.07, 6.45) is 6.35. The van der Waals surface area contributed by atoms with E-state index in [9.17, 15) is 0 Å². The Labute approximate surface area is 90.9 Å². The van der Waals surface area contributed by atoms with Crippen LogP contribution in [0.25, 0.3) is 0 Å². The molecule has 0 unspecified atom stereocenters. The van der Waals surface area contributed by atoms with E-state index in [2.05, 4.69) is 29.9 Å². The van der Waals surface area contributed by atoms with Crippen molar-refractivity contribution in [2.45, 2.75) is 19.3 Å². The van der Waals surface area contributed by atoms with Crippen molar-refractivity contribution in [1.29, 1.82) is 0 Å². The Kier molecular flexibility index (Phi) is 3.10. The molecule has 0 fully saturated rings. The van der Waals surface area contributed by atoms with Gasteiger partial charge in [-0.05, 0) is 0 Å². The quantitative estimate of drug-likeness (QED) is 0.386. The number of rotatable bonds is 1. The van der Waals surface area contributed by atoms with Gasteiger partial charge in [0.1, 0.15) is 0 Å². The average molecular weight is 306 g/mol. The van der Waals surface area contributed by atoms with Crippen LogP contribution in [0.4, 0.5) is 0 Å². The van der Waals surface area contributed by atoms with Crippen LogP contribution in [0.3, 0.4) is 0 Å². The van der Waals surface area contributed by atoms with Gasteiger partial charge in [-0.1, -0.05) is 0 Å². The molecule has 2 rings (SSSR count). The van der Waals surface area contributed by atoms with Gasteiger partial charge in [-0.25, -0.2) is 0 Å². The fourth-order valence-electron chi connectivity index (χ4n) is 1.69. The van der Waals surface area contributed by atoms with Crippen molar-refractivity contribution in [3.8, 4) is 0 Å². The maximum atomic E-state index is 2.52. The first-order valence-corrected chi connectivity index (χ1v) is 10.7. The molecule has 0 aromatic rings. The van der Waals surface area contributed by atoms with Gasteiger partial charge in [0.05, 0.1) is 0 Å². The first-order valence-electron chi connectivity index (χ1n) is 4.54. The fraction of sp³-hybridized carbons (Fsp3) is 0.500. The van der Waals surface area contributed by atoms with Crippen LogP contribution in [0.5, 0.6) is 0 Å². The van der Waals surface area contributed by atoms with Gasteiger partial charge < -0.3 is 0 Å². The molecular weight excluding hydrogens is 292 g/mol. The molecule has 0 radical (unpaired) electrons. The molecule has 1 nitrogen and oxygen atoms in total. The molecule has 0 spiro atoms. The van der Waals surface area contributed by atoms with Crippen molar-refractivity contribution < 1.29 is 4.58 Å². The van der Waals surface area contributed by atoms with Crippen molar-refractivity contribution in [3.63, 3.8) is 0 Å². The van der Waals surface area contributed by atoms with E-state index < -0.39 is 0 Å². The third kappa shape index (κ3) is 2.16. The molecule has 0 amide bonds. The van der Waals surface area contributed by atoms with Crippen molar-refractivity contribution >= 4 is 32.5 Å². The van der Waals surface area contributed by atoms with Crippen molar-refractivity contribution in [1.82, 2.24) is 0 Å². The van der Waals surface area contributed by atoms with Gasteiger partial charge in [0.15, 0.2) is 0 Å². The Hall–Kier alpha value is 0.189. The van der Waals surface area contributed by atoms with E-state index in [1.807, 2.05) is 0 Å². The molecule has 0 bridgehead atoms. The van der Waals surface area contributed by atoms with Gasteiger partial charge in [-0.3, -0.25) is 0 Å². The summed E-state index contributed by atoms with van der Waals surface area (Å²) in [6, 6.07) is 0. The molecule has 1 heterocycles. The molecule has 70 valence electrons. The Bertz CT molecular complexity index is 309. The van der Waals surface area contributed by atoms with Crippen molar-refractivity contribution in [2.75, 3.05) is 14.1 Å². The molecule has 0 saturated heterocycles. The zero-order chi connectivity index (χ0) is 9.26. The summed E-state index contributed by atoms with van der Waals surface area (Å²) >= 11 is 1.64. The average Bonchev–Trinajstić information content (AvgIpc) is 2.51. The Morgan fingerprint density at radius 2 is 2.23 bits per heavy atom. The van der Waals surface area contributed by atoms with Crippen LogP contribution in [0.1, 0.15) is 19.3 Å². The summed E-state index contributed by atoms with van der Waals surface area (Å²) in [4.78, 5) is 2.52. The molecule has 2 aliphatic rings. The summed E-state index contributed by atoms with van der Waals surface area (Å²) in [6.45, 7) is 0. The zero-order valence-corrected chi connectivity index (χ0v) is 11.5. The van der Waals surface area contributed by atoms with Crippen LogP contribution in [-0.4, -0.2) is 51.1 Å². The minimum atomic E-state index is 0.810. The first-order chi connectivity index (χ1) is 6.27. The van der Waals surface area contributed by atoms with E-state index in [-0.39, 0.29) is 0 Å². The van der Waals surface area contributed by atoms with E-state index in [1.54, 1.807) is 15.6 Å². The Morgan fingerprint density at radius 1 is 1.38 bits per heavy atom. The molecule has 3 heteroatoms. The predicted octanol–water partition coefficient (Wildman–Crippen LogP) is 0.988. The van der Waals surface area contributed by atoms with Gasteiger partial charge in [-0.15, -0.1) is 0 Å². The van der Waals surface area contributed by atoms with Gasteiger partial charge in [0.2, 0.25) is 0 Å². The predicted molar refractivity (Wildman–Crippen MR) is 58.6 cm³/mol. The topological polar surface area (TPSA) is 3.01 Å². The first kappa shape index (κ1) is 9.73. The number of hydrogen-bond acceptors (Lipinski definition) is 0. The monoisotopic (exact) mass is 308 g/mol. The summed E-state index contributed by atoms with van der Waals surface area (Å²) in [5.41, 5.74) is 3.32. The maximum absolute atomic E-state index is 2.52. The molecule has 0 saturated carbocycles. The standard InChI is InChI=1S/C10H14NSe2/c1-11(2)6-8-4-3-5-9-7-12-13-10(8)9/h6-7H,3-5H2,1-2H3/q+1. The van der Waals surface area contributed by atoms with Gasteiger partial charge in [0, 0.05) is 0 Å². The third-order valence-corrected chi connectivity index (χ3v) is 8.58. The number of fused-ring (bicyclic) bond motifs is 1. The van der Waals surface area contributed by atoms with Crippen LogP contribution in [0, 0.1) is 0 Å².